The second kappa shape index (κ2) is 3.57. The summed E-state index contributed by atoms with van der Waals surface area (Å²) in [7, 11) is -4.81. The third-order valence-corrected chi connectivity index (χ3v) is 3.38. The fraction of sp³-hybridized carbons (Fsp3) is 1.00. The standard InChI is InChI=1S/C6H10O10S/c7-1-2-3(8)4(9)5(10)6(11,14-2)16-17(12,13)15-5/h2-4,7-11H,1H2/t2-,3-,4+,5+,6+/m1/s1. The van der Waals surface area contributed by atoms with Crippen LogP contribution in [-0.4, -0.2) is 70.6 Å². The summed E-state index contributed by atoms with van der Waals surface area (Å²) in [5, 5.41) is 47.0. The number of ether oxygens (including phenoxy) is 1. The molecule has 0 saturated carbocycles. The predicted octanol–water partition coefficient (Wildman–Crippen LogP) is -4.27. The summed E-state index contributed by atoms with van der Waals surface area (Å²) in [4.78, 5) is 0. The van der Waals surface area contributed by atoms with Gasteiger partial charge >= 0.3 is 16.4 Å². The van der Waals surface area contributed by atoms with E-state index in [1.807, 2.05) is 0 Å². The fourth-order valence-electron chi connectivity index (χ4n) is 1.62. The molecule has 2 saturated heterocycles. The lowest BCUT2D eigenvalue weighted by molar-refractivity contribution is -0.475. The molecule has 2 aliphatic rings. The smallest absolute Gasteiger partial charge is 0.394 e. The van der Waals surface area contributed by atoms with Crippen LogP contribution in [0.3, 0.4) is 0 Å². The van der Waals surface area contributed by atoms with Gasteiger partial charge in [0.05, 0.1) is 6.61 Å². The van der Waals surface area contributed by atoms with E-state index in [-0.39, 0.29) is 0 Å². The van der Waals surface area contributed by atoms with Gasteiger partial charge in [-0.05, 0) is 0 Å². The molecule has 10 nitrogen and oxygen atoms in total. The minimum Gasteiger partial charge on any atom is -0.394 e. The Morgan fingerprint density at radius 2 is 1.76 bits per heavy atom. The molecule has 2 heterocycles. The highest BCUT2D eigenvalue weighted by atomic mass is 32.3. The first-order chi connectivity index (χ1) is 7.65. The van der Waals surface area contributed by atoms with Gasteiger partial charge in [-0.3, -0.25) is 0 Å². The van der Waals surface area contributed by atoms with Gasteiger partial charge in [-0.1, -0.05) is 0 Å². The molecular formula is C6H10O10S. The SMILES string of the molecule is O=S1(=O)O[C@@]2(O)O[C@H](CO)[C@@H](O)[C@H](O)[C@]2(O)O1. The first-order valence-corrected chi connectivity index (χ1v) is 5.74. The van der Waals surface area contributed by atoms with Crippen molar-refractivity contribution in [1.82, 2.24) is 0 Å². The van der Waals surface area contributed by atoms with Gasteiger partial charge in [0.2, 0.25) is 0 Å². The highest BCUT2D eigenvalue weighted by molar-refractivity contribution is 7.82. The Morgan fingerprint density at radius 3 is 2.29 bits per heavy atom. The molecule has 2 aliphatic heterocycles. The van der Waals surface area contributed by atoms with Crippen molar-refractivity contribution in [3.63, 3.8) is 0 Å². The number of aliphatic hydroxyl groups excluding tert-OH is 3. The average Bonchev–Trinajstić information content (AvgIpc) is 2.39. The van der Waals surface area contributed by atoms with E-state index in [1.165, 1.54) is 0 Å². The van der Waals surface area contributed by atoms with Crippen molar-refractivity contribution in [3.8, 4) is 0 Å². The molecule has 17 heavy (non-hydrogen) atoms. The maximum absolute atomic E-state index is 11.0. The number of hydrogen-bond donors (Lipinski definition) is 5. The zero-order valence-electron chi connectivity index (χ0n) is 8.12. The molecule has 0 spiro atoms. The molecule has 0 aromatic rings. The minimum atomic E-state index is -4.81. The Kier molecular flexibility index (Phi) is 2.74. The first-order valence-electron chi connectivity index (χ1n) is 4.41. The summed E-state index contributed by atoms with van der Waals surface area (Å²) >= 11 is 0. The van der Waals surface area contributed by atoms with Crippen LogP contribution in [0.15, 0.2) is 0 Å². The minimum absolute atomic E-state index is 0.861. The Bertz CT molecular complexity index is 421. The van der Waals surface area contributed by atoms with Gasteiger partial charge in [-0.2, -0.15) is 12.6 Å². The van der Waals surface area contributed by atoms with Crippen LogP contribution < -0.4 is 0 Å². The van der Waals surface area contributed by atoms with E-state index < -0.39 is 47.1 Å². The largest absolute Gasteiger partial charge is 0.407 e. The van der Waals surface area contributed by atoms with Gasteiger partial charge in [-0.25, -0.2) is 4.18 Å². The van der Waals surface area contributed by atoms with Gasteiger partial charge in [0.1, 0.15) is 18.3 Å². The van der Waals surface area contributed by atoms with Crippen molar-refractivity contribution in [2.24, 2.45) is 0 Å². The molecule has 0 radical (unpaired) electrons. The van der Waals surface area contributed by atoms with Gasteiger partial charge in [0.15, 0.2) is 0 Å². The van der Waals surface area contributed by atoms with Crippen LogP contribution in [0.2, 0.25) is 0 Å². The molecule has 0 aromatic heterocycles. The molecule has 0 unspecified atom stereocenters. The van der Waals surface area contributed by atoms with Crippen molar-refractivity contribution in [2.45, 2.75) is 30.1 Å². The molecule has 0 aliphatic carbocycles. The number of fused-ring (bicyclic) bond motifs is 1. The summed E-state index contributed by atoms with van der Waals surface area (Å²) in [5.74, 6) is -6.45. The van der Waals surface area contributed by atoms with E-state index in [9.17, 15) is 28.8 Å². The summed E-state index contributed by atoms with van der Waals surface area (Å²) in [6.45, 7) is -0.861. The first kappa shape index (κ1) is 13.1. The number of hydrogen-bond acceptors (Lipinski definition) is 10. The summed E-state index contributed by atoms with van der Waals surface area (Å²) in [5.41, 5.74) is 0. The molecule has 0 aromatic carbocycles. The zero-order chi connectivity index (χ0) is 13.1. The highest BCUT2D eigenvalue weighted by Gasteiger charge is 2.74. The summed E-state index contributed by atoms with van der Waals surface area (Å²) in [6.07, 6.45) is -5.72. The quantitative estimate of drug-likeness (QED) is 0.316. The van der Waals surface area contributed by atoms with Crippen molar-refractivity contribution in [1.29, 1.82) is 0 Å². The molecule has 5 N–H and O–H groups in total. The van der Waals surface area contributed by atoms with Gasteiger partial charge in [0, 0.05) is 0 Å². The van der Waals surface area contributed by atoms with E-state index in [0.717, 1.165) is 0 Å². The lowest BCUT2D eigenvalue weighted by atomic mass is 9.94. The van der Waals surface area contributed by atoms with Crippen LogP contribution in [0, 0.1) is 0 Å². The second-order valence-electron chi connectivity index (χ2n) is 3.63. The Morgan fingerprint density at radius 1 is 1.18 bits per heavy atom. The van der Waals surface area contributed by atoms with Crippen LogP contribution in [0.4, 0.5) is 0 Å². The summed E-state index contributed by atoms with van der Waals surface area (Å²) in [6, 6.07) is 0. The topological polar surface area (TPSA) is 163 Å². The molecule has 2 rings (SSSR count). The van der Waals surface area contributed by atoms with Gasteiger partial charge in [0.25, 0.3) is 5.79 Å². The van der Waals surface area contributed by atoms with Crippen LogP contribution in [0.25, 0.3) is 0 Å². The van der Waals surface area contributed by atoms with Crippen molar-refractivity contribution >= 4 is 10.4 Å². The monoisotopic (exact) mass is 274 g/mol. The maximum Gasteiger partial charge on any atom is 0.407 e. The summed E-state index contributed by atoms with van der Waals surface area (Å²) < 4.78 is 34.3. The van der Waals surface area contributed by atoms with Gasteiger partial charge < -0.3 is 30.3 Å². The van der Waals surface area contributed by atoms with Crippen LogP contribution >= 0.6 is 0 Å². The van der Waals surface area contributed by atoms with E-state index in [4.69, 9.17) is 5.11 Å². The van der Waals surface area contributed by atoms with Crippen LogP contribution in [-0.2, 0) is 23.5 Å². The molecule has 0 bridgehead atoms. The lowest BCUT2D eigenvalue weighted by Gasteiger charge is -2.44. The second-order valence-corrected chi connectivity index (χ2v) is 4.78. The molecular weight excluding hydrogens is 264 g/mol. The highest BCUT2D eigenvalue weighted by Crippen LogP contribution is 2.45. The molecule has 0 amide bonds. The average molecular weight is 274 g/mol. The predicted molar refractivity (Wildman–Crippen MR) is 45.0 cm³/mol. The van der Waals surface area contributed by atoms with Gasteiger partial charge in [-0.15, -0.1) is 0 Å². The molecule has 5 atom stereocenters. The van der Waals surface area contributed by atoms with Crippen molar-refractivity contribution in [3.05, 3.63) is 0 Å². The third kappa shape index (κ3) is 1.68. The molecule has 100 valence electrons. The number of rotatable bonds is 1. The van der Waals surface area contributed by atoms with E-state index in [1.54, 1.807) is 0 Å². The maximum atomic E-state index is 11.0. The van der Waals surface area contributed by atoms with E-state index in [0.29, 0.717) is 0 Å². The number of aliphatic hydroxyl groups is 5. The molecule has 11 heteroatoms. The van der Waals surface area contributed by atoms with Crippen LogP contribution in [0.1, 0.15) is 0 Å². The lowest BCUT2D eigenvalue weighted by Crippen LogP contribution is -2.71. The normalized spacial score (nSPS) is 53.4. The Labute approximate surface area is 94.9 Å². The third-order valence-electron chi connectivity index (χ3n) is 2.49. The van der Waals surface area contributed by atoms with Crippen molar-refractivity contribution < 1.29 is 47.1 Å². The van der Waals surface area contributed by atoms with E-state index >= 15 is 0 Å². The zero-order valence-corrected chi connectivity index (χ0v) is 8.94. The Balaban J connectivity index is 2.45. The van der Waals surface area contributed by atoms with Crippen LogP contribution in [0.5, 0.6) is 0 Å². The van der Waals surface area contributed by atoms with Crippen molar-refractivity contribution in [2.75, 3.05) is 6.61 Å². The Hall–Kier alpha value is -0.370. The van der Waals surface area contributed by atoms with E-state index in [2.05, 4.69) is 13.1 Å². The fourth-order valence-corrected chi connectivity index (χ4v) is 2.60. The molecule has 2 fully saturated rings.